The van der Waals surface area contributed by atoms with Gasteiger partial charge in [0.05, 0.1) is 6.10 Å². The maximum Gasteiger partial charge on any atom is 0.126 e. The van der Waals surface area contributed by atoms with Crippen molar-refractivity contribution in [1.82, 2.24) is 5.32 Å². The molecule has 0 aliphatic heterocycles. The number of likely N-dealkylation sites (N-methyl/N-ethyl adjacent to an activating group) is 1. The Bertz CT molecular complexity index is 544. The summed E-state index contributed by atoms with van der Waals surface area (Å²) in [5.41, 5.74) is 1.81. The predicted molar refractivity (Wildman–Crippen MR) is 83.8 cm³/mol. The smallest absolute Gasteiger partial charge is 0.126 e. The van der Waals surface area contributed by atoms with Crippen LogP contribution in [0.25, 0.3) is 0 Å². The Hall–Kier alpha value is -1.71. The van der Waals surface area contributed by atoms with Gasteiger partial charge in [0.1, 0.15) is 5.82 Å². The van der Waals surface area contributed by atoms with Gasteiger partial charge in [-0.05, 0) is 37.6 Å². The van der Waals surface area contributed by atoms with Crippen molar-refractivity contribution in [3.8, 4) is 0 Å². The lowest BCUT2D eigenvalue weighted by molar-refractivity contribution is 0.0350. The SMILES string of the molecule is CCOC(c1ccccc1)C(Cc1ccccc1F)NC. The topological polar surface area (TPSA) is 21.3 Å². The number of benzene rings is 2. The Morgan fingerprint density at radius 2 is 1.71 bits per heavy atom. The van der Waals surface area contributed by atoms with E-state index in [4.69, 9.17) is 4.74 Å². The standard InChI is InChI=1S/C18H22FNO/c1-3-21-18(14-9-5-4-6-10-14)17(20-2)13-15-11-7-8-12-16(15)19/h4-12,17-18,20H,3,13H2,1-2H3. The Balaban J connectivity index is 2.22. The average molecular weight is 287 g/mol. The van der Waals surface area contributed by atoms with E-state index in [0.717, 1.165) is 5.56 Å². The van der Waals surface area contributed by atoms with Gasteiger partial charge in [-0.2, -0.15) is 0 Å². The monoisotopic (exact) mass is 287 g/mol. The number of hydrogen-bond donors (Lipinski definition) is 1. The molecule has 0 radical (unpaired) electrons. The molecule has 0 fully saturated rings. The van der Waals surface area contributed by atoms with Crippen LogP contribution in [0, 0.1) is 5.82 Å². The van der Waals surface area contributed by atoms with Crippen molar-refractivity contribution in [3.05, 3.63) is 71.5 Å². The van der Waals surface area contributed by atoms with E-state index in [2.05, 4.69) is 5.32 Å². The Morgan fingerprint density at radius 1 is 1.05 bits per heavy atom. The second kappa shape index (κ2) is 7.91. The molecule has 112 valence electrons. The van der Waals surface area contributed by atoms with E-state index >= 15 is 0 Å². The second-order valence-corrected chi connectivity index (χ2v) is 4.98. The van der Waals surface area contributed by atoms with E-state index < -0.39 is 0 Å². The maximum atomic E-state index is 13.9. The molecule has 0 spiro atoms. The van der Waals surface area contributed by atoms with Crippen molar-refractivity contribution in [1.29, 1.82) is 0 Å². The first-order chi connectivity index (χ1) is 10.3. The van der Waals surface area contributed by atoms with E-state index in [1.54, 1.807) is 6.07 Å². The third-order valence-corrected chi connectivity index (χ3v) is 3.61. The molecule has 2 aromatic rings. The van der Waals surface area contributed by atoms with Crippen molar-refractivity contribution in [2.24, 2.45) is 0 Å². The van der Waals surface area contributed by atoms with Gasteiger partial charge in [-0.15, -0.1) is 0 Å². The van der Waals surface area contributed by atoms with Crippen LogP contribution in [0.4, 0.5) is 4.39 Å². The normalized spacial score (nSPS) is 13.9. The molecule has 0 aliphatic rings. The summed E-state index contributed by atoms with van der Waals surface area (Å²) in [5, 5.41) is 3.27. The first kappa shape index (κ1) is 15.7. The Kier molecular flexibility index (Phi) is 5.90. The lowest BCUT2D eigenvalue weighted by Crippen LogP contribution is -2.36. The largest absolute Gasteiger partial charge is 0.372 e. The minimum Gasteiger partial charge on any atom is -0.372 e. The van der Waals surface area contributed by atoms with E-state index in [9.17, 15) is 4.39 Å². The lowest BCUT2D eigenvalue weighted by atomic mass is 9.95. The Labute approximate surface area is 126 Å². The predicted octanol–water partition coefficient (Wildman–Crippen LogP) is 3.73. The van der Waals surface area contributed by atoms with Gasteiger partial charge in [0.2, 0.25) is 0 Å². The van der Waals surface area contributed by atoms with Crippen molar-refractivity contribution in [3.63, 3.8) is 0 Å². The highest BCUT2D eigenvalue weighted by atomic mass is 19.1. The molecular weight excluding hydrogens is 265 g/mol. The summed E-state index contributed by atoms with van der Waals surface area (Å²) in [4.78, 5) is 0. The molecule has 2 atom stereocenters. The van der Waals surface area contributed by atoms with Gasteiger partial charge in [0.25, 0.3) is 0 Å². The highest BCUT2D eigenvalue weighted by Crippen LogP contribution is 2.24. The van der Waals surface area contributed by atoms with Crippen LogP contribution in [0.15, 0.2) is 54.6 Å². The molecular formula is C18H22FNO. The zero-order valence-electron chi connectivity index (χ0n) is 12.6. The molecule has 0 bridgehead atoms. The van der Waals surface area contributed by atoms with Gasteiger partial charge in [0, 0.05) is 12.6 Å². The van der Waals surface area contributed by atoms with Gasteiger partial charge in [0.15, 0.2) is 0 Å². The zero-order chi connectivity index (χ0) is 15.1. The van der Waals surface area contributed by atoms with Crippen molar-refractivity contribution in [2.45, 2.75) is 25.5 Å². The third kappa shape index (κ3) is 4.13. The summed E-state index contributed by atoms with van der Waals surface area (Å²) in [7, 11) is 1.89. The molecule has 0 saturated heterocycles. The molecule has 2 nitrogen and oxygen atoms in total. The average Bonchev–Trinajstić information content (AvgIpc) is 2.53. The molecule has 2 unspecified atom stereocenters. The van der Waals surface area contributed by atoms with Gasteiger partial charge in [-0.1, -0.05) is 48.5 Å². The van der Waals surface area contributed by atoms with Crippen LogP contribution in [-0.2, 0) is 11.2 Å². The quantitative estimate of drug-likeness (QED) is 0.837. The number of halogens is 1. The van der Waals surface area contributed by atoms with Crippen LogP contribution in [0.2, 0.25) is 0 Å². The highest BCUT2D eigenvalue weighted by molar-refractivity contribution is 5.23. The summed E-state index contributed by atoms with van der Waals surface area (Å²) in [5.74, 6) is -0.166. The fraction of sp³-hybridized carbons (Fsp3) is 0.333. The highest BCUT2D eigenvalue weighted by Gasteiger charge is 2.23. The van der Waals surface area contributed by atoms with Gasteiger partial charge < -0.3 is 10.1 Å². The second-order valence-electron chi connectivity index (χ2n) is 4.98. The number of hydrogen-bond acceptors (Lipinski definition) is 2. The van der Waals surface area contributed by atoms with E-state index in [1.165, 1.54) is 6.07 Å². The molecule has 0 aliphatic carbocycles. The van der Waals surface area contributed by atoms with Crippen LogP contribution in [0.1, 0.15) is 24.2 Å². The first-order valence-electron chi connectivity index (χ1n) is 7.33. The minimum atomic E-state index is -0.166. The molecule has 0 amide bonds. The van der Waals surface area contributed by atoms with E-state index in [-0.39, 0.29) is 18.0 Å². The van der Waals surface area contributed by atoms with Crippen molar-refractivity contribution >= 4 is 0 Å². The Morgan fingerprint density at radius 3 is 2.33 bits per heavy atom. The molecule has 2 rings (SSSR count). The zero-order valence-corrected chi connectivity index (χ0v) is 12.6. The number of ether oxygens (including phenoxy) is 1. The minimum absolute atomic E-state index is 0.0178. The van der Waals surface area contributed by atoms with Crippen LogP contribution in [0.3, 0.4) is 0 Å². The van der Waals surface area contributed by atoms with Crippen LogP contribution in [0.5, 0.6) is 0 Å². The van der Waals surface area contributed by atoms with Crippen molar-refractivity contribution < 1.29 is 9.13 Å². The summed E-state index contributed by atoms with van der Waals surface area (Å²) < 4.78 is 19.8. The van der Waals surface area contributed by atoms with Crippen LogP contribution >= 0.6 is 0 Å². The van der Waals surface area contributed by atoms with Crippen LogP contribution < -0.4 is 5.32 Å². The summed E-state index contributed by atoms with van der Waals surface area (Å²) in [6.45, 7) is 2.60. The molecule has 3 heteroatoms. The lowest BCUT2D eigenvalue weighted by Gasteiger charge is -2.27. The van der Waals surface area contributed by atoms with Crippen molar-refractivity contribution in [2.75, 3.05) is 13.7 Å². The molecule has 21 heavy (non-hydrogen) atoms. The van der Waals surface area contributed by atoms with E-state index in [0.29, 0.717) is 18.6 Å². The van der Waals surface area contributed by atoms with Gasteiger partial charge >= 0.3 is 0 Å². The maximum absolute atomic E-state index is 13.9. The molecule has 0 saturated carbocycles. The first-order valence-corrected chi connectivity index (χ1v) is 7.33. The fourth-order valence-corrected chi connectivity index (χ4v) is 2.53. The molecule has 0 heterocycles. The molecule has 0 aromatic heterocycles. The van der Waals surface area contributed by atoms with Gasteiger partial charge in [-0.25, -0.2) is 4.39 Å². The van der Waals surface area contributed by atoms with Crippen LogP contribution in [-0.4, -0.2) is 19.7 Å². The van der Waals surface area contributed by atoms with E-state index in [1.807, 2.05) is 56.4 Å². The fourth-order valence-electron chi connectivity index (χ4n) is 2.53. The number of rotatable bonds is 7. The third-order valence-electron chi connectivity index (χ3n) is 3.61. The van der Waals surface area contributed by atoms with Gasteiger partial charge in [-0.3, -0.25) is 0 Å². The molecule has 2 aromatic carbocycles. The summed E-state index contributed by atoms with van der Waals surface area (Å²) in [6, 6.07) is 17.0. The number of nitrogens with one attached hydrogen (secondary N) is 1. The summed E-state index contributed by atoms with van der Waals surface area (Å²) >= 11 is 0. The summed E-state index contributed by atoms with van der Waals surface area (Å²) in [6.07, 6.45) is 0.490. The molecule has 1 N–H and O–H groups in total.